The van der Waals surface area contributed by atoms with Crippen molar-refractivity contribution in [2.75, 3.05) is 29.9 Å². The average molecular weight is 350 g/mol. The summed E-state index contributed by atoms with van der Waals surface area (Å²) in [5.74, 6) is 2.75. The molecule has 0 saturated carbocycles. The van der Waals surface area contributed by atoms with Crippen LogP contribution in [0.1, 0.15) is 29.9 Å². The third-order valence-electron chi connectivity index (χ3n) is 5.56. The van der Waals surface area contributed by atoms with Gasteiger partial charge in [-0.15, -0.1) is 20.4 Å². The van der Waals surface area contributed by atoms with E-state index in [1.165, 1.54) is 24.1 Å². The number of fused-ring (bicyclic) bond motifs is 2. The third kappa shape index (κ3) is 2.48. The number of nitrogens with zero attached hydrogens (tertiary/aromatic N) is 8. The lowest BCUT2D eigenvalue weighted by Crippen LogP contribution is -2.59. The van der Waals surface area contributed by atoms with Crippen molar-refractivity contribution in [1.29, 1.82) is 0 Å². The van der Waals surface area contributed by atoms with Crippen LogP contribution in [0.25, 0.3) is 5.65 Å². The molecular formula is C18H22N8. The minimum Gasteiger partial charge on any atom is -0.352 e. The molecule has 0 spiro atoms. The molecule has 0 amide bonds. The molecule has 1 aliphatic heterocycles. The predicted molar refractivity (Wildman–Crippen MR) is 98.6 cm³/mol. The summed E-state index contributed by atoms with van der Waals surface area (Å²) in [5.41, 5.74) is 3.34. The number of aryl methyl sites for hydroxylation is 3. The van der Waals surface area contributed by atoms with Gasteiger partial charge < -0.3 is 9.80 Å². The van der Waals surface area contributed by atoms with E-state index in [2.05, 4.69) is 48.4 Å². The molecule has 4 heterocycles. The van der Waals surface area contributed by atoms with Gasteiger partial charge in [0.05, 0.1) is 11.7 Å². The summed E-state index contributed by atoms with van der Waals surface area (Å²) >= 11 is 0. The van der Waals surface area contributed by atoms with Crippen LogP contribution in [-0.2, 0) is 12.8 Å². The molecule has 3 aromatic heterocycles. The second-order valence-electron chi connectivity index (χ2n) is 7.26. The summed E-state index contributed by atoms with van der Waals surface area (Å²) in [6, 6.07) is 6.63. The fraction of sp³-hybridized carbons (Fsp3) is 0.500. The van der Waals surface area contributed by atoms with Crippen molar-refractivity contribution in [3.05, 3.63) is 35.3 Å². The lowest BCUT2D eigenvalue weighted by Gasteiger charge is -2.44. The summed E-state index contributed by atoms with van der Waals surface area (Å²) in [4.78, 5) is 4.52. The highest BCUT2D eigenvalue weighted by molar-refractivity contribution is 5.51. The van der Waals surface area contributed by atoms with Crippen molar-refractivity contribution in [2.45, 2.75) is 38.6 Å². The van der Waals surface area contributed by atoms with E-state index in [0.29, 0.717) is 6.04 Å². The minimum absolute atomic E-state index is 0.422. The second kappa shape index (κ2) is 5.89. The molecule has 26 heavy (non-hydrogen) atoms. The van der Waals surface area contributed by atoms with Gasteiger partial charge in [0.25, 0.3) is 0 Å². The highest BCUT2D eigenvalue weighted by atomic mass is 15.4. The average Bonchev–Trinajstić information content (AvgIpc) is 3.01. The fourth-order valence-electron chi connectivity index (χ4n) is 3.78. The van der Waals surface area contributed by atoms with Gasteiger partial charge >= 0.3 is 0 Å². The monoisotopic (exact) mass is 350 g/mol. The first-order valence-electron chi connectivity index (χ1n) is 9.21. The molecule has 0 atom stereocenters. The molecule has 0 unspecified atom stereocenters. The molecule has 5 rings (SSSR count). The largest absolute Gasteiger partial charge is 0.352 e. The van der Waals surface area contributed by atoms with Crippen molar-refractivity contribution in [2.24, 2.45) is 0 Å². The predicted octanol–water partition coefficient (Wildman–Crippen LogP) is 1.43. The molecule has 0 aromatic carbocycles. The maximum absolute atomic E-state index is 4.65. The lowest BCUT2D eigenvalue weighted by atomic mass is 9.96. The molecule has 8 nitrogen and oxygen atoms in total. The number of anilines is 2. The van der Waals surface area contributed by atoms with Gasteiger partial charge in [-0.25, -0.2) is 0 Å². The van der Waals surface area contributed by atoms with Crippen molar-refractivity contribution in [1.82, 2.24) is 30.0 Å². The van der Waals surface area contributed by atoms with E-state index in [9.17, 15) is 0 Å². The molecular weight excluding hydrogens is 328 g/mol. The SMILES string of the molecule is Cc1nnc2ccc(N3CC(N(C)c4cc5c(nn4)CCCC5)C3)nn12. The van der Waals surface area contributed by atoms with Crippen LogP contribution in [0.3, 0.4) is 0 Å². The van der Waals surface area contributed by atoms with Gasteiger partial charge in [0.2, 0.25) is 0 Å². The topological polar surface area (TPSA) is 75.3 Å². The van der Waals surface area contributed by atoms with Crippen LogP contribution >= 0.6 is 0 Å². The Morgan fingerprint density at radius 2 is 1.88 bits per heavy atom. The zero-order chi connectivity index (χ0) is 17.7. The normalized spacial score (nSPS) is 17.2. The molecule has 1 saturated heterocycles. The van der Waals surface area contributed by atoms with Gasteiger partial charge in [-0.3, -0.25) is 0 Å². The summed E-state index contributed by atoms with van der Waals surface area (Å²) < 4.78 is 1.79. The van der Waals surface area contributed by atoms with Gasteiger partial charge in [-0.2, -0.15) is 9.61 Å². The Hall–Kier alpha value is -2.77. The molecule has 8 heteroatoms. The molecule has 2 aliphatic rings. The van der Waals surface area contributed by atoms with Crippen LogP contribution < -0.4 is 9.80 Å². The Morgan fingerprint density at radius 1 is 1.04 bits per heavy atom. The van der Waals surface area contributed by atoms with Gasteiger partial charge in [0.15, 0.2) is 17.3 Å². The quantitative estimate of drug-likeness (QED) is 0.707. The molecule has 0 N–H and O–H groups in total. The summed E-state index contributed by atoms with van der Waals surface area (Å²) in [7, 11) is 2.11. The first-order chi connectivity index (χ1) is 12.7. The zero-order valence-corrected chi connectivity index (χ0v) is 15.1. The summed E-state index contributed by atoms with van der Waals surface area (Å²) in [5, 5.41) is 21.7. The molecule has 1 aliphatic carbocycles. The van der Waals surface area contributed by atoms with E-state index in [4.69, 9.17) is 0 Å². The van der Waals surface area contributed by atoms with E-state index in [-0.39, 0.29) is 0 Å². The molecule has 0 radical (unpaired) electrons. The summed E-state index contributed by atoms with van der Waals surface area (Å²) in [6.45, 7) is 3.77. The standard InChI is InChI=1S/C18H22N8/c1-12-19-21-16-7-8-17(23-26(12)16)25-10-14(11-25)24(2)18-9-13-5-3-4-6-15(13)20-22-18/h7-9,14H,3-6,10-11H2,1-2H3. The number of hydrogen-bond acceptors (Lipinski definition) is 7. The Balaban J connectivity index is 1.30. The van der Waals surface area contributed by atoms with E-state index < -0.39 is 0 Å². The number of likely N-dealkylation sites (N-methyl/N-ethyl adjacent to an activating group) is 1. The first kappa shape index (κ1) is 15.5. The van der Waals surface area contributed by atoms with Crippen LogP contribution in [0.2, 0.25) is 0 Å². The fourth-order valence-corrected chi connectivity index (χ4v) is 3.78. The van der Waals surface area contributed by atoms with Gasteiger partial charge in [-0.1, -0.05) is 0 Å². The summed E-state index contributed by atoms with van der Waals surface area (Å²) in [6.07, 6.45) is 4.69. The maximum Gasteiger partial charge on any atom is 0.178 e. The van der Waals surface area contributed by atoms with Crippen molar-refractivity contribution >= 4 is 17.3 Å². The first-order valence-corrected chi connectivity index (χ1v) is 9.21. The highest BCUT2D eigenvalue weighted by Gasteiger charge is 2.32. The van der Waals surface area contributed by atoms with E-state index >= 15 is 0 Å². The second-order valence-corrected chi connectivity index (χ2v) is 7.26. The van der Waals surface area contributed by atoms with Gasteiger partial charge in [0, 0.05) is 20.1 Å². The molecule has 1 fully saturated rings. The number of rotatable bonds is 3. The van der Waals surface area contributed by atoms with Gasteiger partial charge in [0.1, 0.15) is 5.82 Å². The highest BCUT2D eigenvalue weighted by Crippen LogP contribution is 2.26. The maximum atomic E-state index is 4.65. The molecule has 3 aromatic rings. The zero-order valence-electron chi connectivity index (χ0n) is 15.1. The van der Waals surface area contributed by atoms with E-state index in [1.54, 1.807) is 4.52 Å². The Labute approximate surface area is 151 Å². The number of aromatic nitrogens is 6. The Bertz CT molecular complexity index is 959. The lowest BCUT2D eigenvalue weighted by molar-refractivity contribution is 0.485. The molecule has 134 valence electrons. The Kier molecular flexibility index (Phi) is 3.51. The smallest absolute Gasteiger partial charge is 0.178 e. The minimum atomic E-state index is 0.422. The van der Waals surface area contributed by atoms with E-state index in [1.807, 2.05) is 19.1 Å². The van der Waals surface area contributed by atoms with Crippen LogP contribution in [0.4, 0.5) is 11.6 Å². The van der Waals surface area contributed by atoms with Crippen LogP contribution in [-0.4, -0.2) is 56.2 Å². The van der Waals surface area contributed by atoms with Crippen LogP contribution in [0.5, 0.6) is 0 Å². The van der Waals surface area contributed by atoms with Crippen molar-refractivity contribution < 1.29 is 0 Å². The van der Waals surface area contributed by atoms with E-state index in [0.717, 1.165) is 49.0 Å². The van der Waals surface area contributed by atoms with Gasteiger partial charge in [-0.05, 0) is 56.4 Å². The van der Waals surface area contributed by atoms with Crippen molar-refractivity contribution in [3.8, 4) is 0 Å². The van der Waals surface area contributed by atoms with Crippen molar-refractivity contribution in [3.63, 3.8) is 0 Å². The third-order valence-corrected chi connectivity index (χ3v) is 5.56. The number of hydrogen-bond donors (Lipinski definition) is 0. The van der Waals surface area contributed by atoms with Crippen LogP contribution in [0.15, 0.2) is 18.2 Å². The van der Waals surface area contributed by atoms with Crippen LogP contribution in [0, 0.1) is 6.92 Å². The Morgan fingerprint density at radius 3 is 2.77 bits per heavy atom. The molecule has 0 bridgehead atoms.